The molecule has 3 rings (SSSR count). The molecule has 0 aliphatic heterocycles. The smallest absolute Gasteiger partial charge is 0.271 e. The third kappa shape index (κ3) is 3.00. The zero-order chi connectivity index (χ0) is 14.7. The van der Waals surface area contributed by atoms with Crippen LogP contribution in [0.15, 0.2) is 64.1 Å². The van der Waals surface area contributed by atoms with Gasteiger partial charge < -0.3 is 4.42 Å². The molecule has 0 aliphatic rings. The zero-order valence-corrected chi connectivity index (χ0v) is 11.5. The van der Waals surface area contributed by atoms with Gasteiger partial charge in [-0.1, -0.05) is 30.3 Å². The summed E-state index contributed by atoms with van der Waals surface area (Å²) >= 11 is 0. The molecule has 3 aromatic rings. The van der Waals surface area contributed by atoms with E-state index in [0.29, 0.717) is 11.3 Å². The fraction of sp³-hybridized carbons (Fsp3) is 0.0588. The second-order valence-corrected chi connectivity index (χ2v) is 4.71. The summed E-state index contributed by atoms with van der Waals surface area (Å²) in [5.41, 5.74) is 3.06. The average molecular weight is 278 g/mol. The molecule has 1 N–H and O–H groups in total. The molecule has 0 saturated carbocycles. The number of fused-ring (bicyclic) bond motifs is 1. The largest absolute Gasteiger partial charge is 0.460 e. The Bertz CT molecular complexity index is 818. The fourth-order valence-corrected chi connectivity index (χ4v) is 2.07. The third-order valence-corrected chi connectivity index (χ3v) is 3.13. The number of aryl methyl sites for hydroxylation is 1. The van der Waals surface area contributed by atoms with Gasteiger partial charge in [-0.05, 0) is 42.0 Å². The van der Waals surface area contributed by atoms with E-state index in [2.05, 4.69) is 10.5 Å². The van der Waals surface area contributed by atoms with Gasteiger partial charge in [-0.15, -0.1) is 0 Å². The number of rotatable bonds is 3. The van der Waals surface area contributed by atoms with Crippen molar-refractivity contribution in [1.29, 1.82) is 0 Å². The molecule has 4 nitrogen and oxygen atoms in total. The van der Waals surface area contributed by atoms with Crippen molar-refractivity contribution in [3.8, 4) is 0 Å². The number of furan rings is 1. The molecule has 1 heterocycles. The lowest BCUT2D eigenvalue weighted by Gasteiger charge is -2.02. The van der Waals surface area contributed by atoms with E-state index >= 15 is 0 Å². The van der Waals surface area contributed by atoms with E-state index in [1.807, 2.05) is 49.4 Å². The Hall–Kier alpha value is -2.88. The number of nitrogens with zero attached hydrogens (tertiary/aromatic N) is 1. The molecule has 2 aromatic carbocycles. The number of carbonyl (C=O) groups is 1. The Labute approximate surface area is 122 Å². The number of hydrogen-bond acceptors (Lipinski definition) is 3. The van der Waals surface area contributed by atoms with Gasteiger partial charge in [0.25, 0.3) is 5.91 Å². The van der Waals surface area contributed by atoms with Gasteiger partial charge in [0.2, 0.25) is 0 Å². The first-order chi connectivity index (χ1) is 10.2. The quantitative estimate of drug-likeness (QED) is 0.589. The fourth-order valence-electron chi connectivity index (χ4n) is 2.07. The van der Waals surface area contributed by atoms with E-state index in [1.165, 1.54) is 6.21 Å². The molecule has 1 aromatic heterocycles. The first-order valence-electron chi connectivity index (χ1n) is 6.61. The standard InChI is InChI=1S/C17H14N2O2/c1-12-6-9-16(21-12)11-18-19-17(20)15-8-7-13-4-2-3-5-14(13)10-15/h2-11H,1H3,(H,19,20)/b18-11-. The van der Waals surface area contributed by atoms with Crippen molar-refractivity contribution in [2.45, 2.75) is 6.92 Å². The summed E-state index contributed by atoms with van der Waals surface area (Å²) < 4.78 is 5.33. The number of hydrogen-bond donors (Lipinski definition) is 1. The van der Waals surface area contributed by atoms with Gasteiger partial charge in [0.05, 0.1) is 6.21 Å². The van der Waals surface area contributed by atoms with E-state index in [-0.39, 0.29) is 5.91 Å². The highest BCUT2D eigenvalue weighted by Crippen LogP contribution is 2.15. The number of hydrazone groups is 1. The minimum atomic E-state index is -0.250. The normalized spacial score (nSPS) is 11.1. The summed E-state index contributed by atoms with van der Waals surface area (Å²) in [7, 11) is 0. The van der Waals surface area contributed by atoms with Crippen LogP contribution in [0.25, 0.3) is 10.8 Å². The Balaban J connectivity index is 1.73. The molecular weight excluding hydrogens is 264 g/mol. The van der Waals surface area contributed by atoms with Crippen molar-refractivity contribution in [2.24, 2.45) is 5.10 Å². The molecule has 0 unspecified atom stereocenters. The minimum Gasteiger partial charge on any atom is -0.460 e. The highest BCUT2D eigenvalue weighted by Gasteiger charge is 2.05. The molecular formula is C17H14N2O2. The van der Waals surface area contributed by atoms with Crippen molar-refractivity contribution >= 4 is 22.9 Å². The lowest BCUT2D eigenvalue weighted by molar-refractivity contribution is 0.0955. The van der Waals surface area contributed by atoms with Crippen molar-refractivity contribution in [3.63, 3.8) is 0 Å². The first kappa shape index (κ1) is 13.1. The van der Waals surface area contributed by atoms with Crippen LogP contribution < -0.4 is 5.43 Å². The van der Waals surface area contributed by atoms with E-state index in [9.17, 15) is 4.79 Å². The van der Waals surface area contributed by atoms with Gasteiger partial charge >= 0.3 is 0 Å². The maximum absolute atomic E-state index is 12.0. The van der Waals surface area contributed by atoms with Crippen LogP contribution in [0.2, 0.25) is 0 Å². The Kier molecular flexibility index (Phi) is 3.51. The molecule has 0 fully saturated rings. The predicted octanol–water partition coefficient (Wildman–Crippen LogP) is 3.51. The van der Waals surface area contributed by atoms with E-state index < -0.39 is 0 Å². The summed E-state index contributed by atoms with van der Waals surface area (Å²) in [6, 6.07) is 17.1. The number of nitrogens with one attached hydrogen (secondary N) is 1. The zero-order valence-electron chi connectivity index (χ0n) is 11.5. The van der Waals surface area contributed by atoms with Gasteiger partial charge in [0, 0.05) is 5.56 Å². The van der Waals surface area contributed by atoms with Crippen molar-refractivity contribution < 1.29 is 9.21 Å². The lowest BCUT2D eigenvalue weighted by Crippen LogP contribution is -2.17. The van der Waals surface area contributed by atoms with Crippen LogP contribution in [0.3, 0.4) is 0 Å². The van der Waals surface area contributed by atoms with Crippen LogP contribution >= 0.6 is 0 Å². The second kappa shape index (κ2) is 5.63. The van der Waals surface area contributed by atoms with Crippen LogP contribution in [0.1, 0.15) is 21.9 Å². The summed E-state index contributed by atoms with van der Waals surface area (Å²) in [4.78, 5) is 12.0. The highest BCUT2D eigenvalue weighted by atomic mass is 16.3. The maximum atomic E-state index is 12.0. The van der Waals surface area contributed by atoms with Crippen molar-refractivity contribution in [3.05, 3.63) is 71.7 Å². The van der Waals surface area contributed by atoms with Crippen LogP contribution in [0, 0.1) is 6.92 Å². The summed E-state index contributed by atoms with van der Waals surface area (Å²) in [6.07, 6.45) is 1.48. The maximum Gasteiger partial charge on any atom is 0.271 e. The molecule has 0 radical (unpaired) electrons. The van der Waals surface area contributed by atoms with Gasteiger partial charge in [0.15, 0.2) is 0 Å². The van der Waals surface area contributed by atoms with E-state index in [1.54, 1.807) is 12.1 Å². The first-order valence-corrected chi connectivity index (χ1v) is 6.61. The van der Waals surface area contributed by atoms with Crippen LogP contribution in [0.4, 0.5) is 0 Å². The Morgan fingerprint density at radius 1 is 1.10 bits per heavy atom. The minimum absolute atomic E-state index is 0.250. The highest BCUT2D eigenvalue weighted by molar-refractivity contribution is 5.98. The molecule has 4 heteroatoms. The topological polar surface area (TPSA) is 54.6 Å². The third-order valence-electron chi connectivity index (χ3n) is 3.13. The van der Waals surface area contributed by atoms with Crippen LogP contribution in [-0.2, 0) is 0 Å². The monoisotopic (exact) mass is 278 g/mol. The number of benzene rings is 2. The average Bonchev–Trinajstić information content (AvgIpc) is 2.92. The van der Waals surface area contributed by atoms with Gasteiger partial charge in [-0.25, -0.2) is 5.43 Å². The molecule has 0 aliphatic carbocycles. The molecule has 104 valence electrons. The Morgan fingerprint density at radius 3 is 2.67 bits per heavy atom. The van der Waals surface area contributed by atoms with Crippen LogP contribution in [-0.4, -0.2) is 12.1 Å². The van der Waals surface area contributed by atoms with Gasteiger partial charge in [-0.2, -0.15) is 5.10 Å². The lowest BCUT2D eigenvalue weighted by atomic mass is 10.1. The molecule has 0 spiro atoms. The molecule has 0 bridgehead atoms. The van der Waals surface area contributed by atoms with Gasteiger partial charge in [-0.3, -0.25) is 4.79 Å². The van der Waals surface area contributed by atoms with Gasteiger partial charge in [0.1, 0.15) is 11.5 Å². The van der Waals surface area contributed by atoms with Crippen LogP contribution in [0.5, 0.6) is 0 Å². The molecule has 21 heavy (non-hydrogen) atoms. The number of carbonyl (C=O) groups excluding carboxylic acids is 1. The van der Waals surface area contributed by atoms with E-state index in [0.717, 1.165) is 16.5 Å². The molecule has 1 amide bonds. The van der Waals surface area contributed by atoms with E-state index in [4.69, 9.17) is 4.42 Å². The second-order valence-electron chi connectivity index (χ2n) is 4.71. The molecule has 0 atom stereocenters. The van der Waals surface area contributed by atoms with Crippen molar-refractivity contribution in [2.75, 3.05) is 0 Å². The summed E-state index contributed by atoms with van der Waals surface area (Å²) in [6.45, 7) is 1.85. The summed E-state index contributed by atoms with van der Waals surface area (Å²) in [5.74, 6) is 1.16. The Morgan fingerprint density at radius 2 is 1.90 bits per heavy atom. The summed E-state index contributed by atoms with van der Waals surface area (Å²) in [5, 5.41) is 6.02. The SMILES string of the molecule is Cc1ccc(/C=N\NC(=O)c2ccc3ccccc3c2)o1. The van der Waals surface area contributed by atoms with Crippen molar-refractivity contribution in [1.82, 2.24) is 5.43 Å². The number of amides is 1. The predicted molar refractivity (Wildman–Crippen MR) is 82.5 cm³/mol. The molecule has 0 saturated heterocycles.